The van der Waals surface area contributed by atoms with Crippen molar-refractivity contribution >= 4 is 17.8 Å². The smallest absolute Gasteiger partial charge is 0.305 e. The second-order valence-corrected chi connectivity index (χ2v) is 19.9. The molecule has 1 saturated heterocycles. The van der Waals surface area contributed by atoms with Gasteiger partial charge in [0.25, 0.3) is 0 Å². The molecule has 0 radical (unpaired) electrons. The number of hydrogen-bond donors (Lipinski definition) is 1. The third-order valence-corrected chi connectivity index (χ3v) is 14.1. The van der Waals surface area contributed by atoms with Crippen molar-refractivity contribution in [2.45, 2.75) is 270 Å². The summed E-state index contributed by atoms with van der Waals surface area (Å²) in [6.45, 7) is 10.7. The number of nitrogens with zero attached hydrogens (tertiary/aromatic N) is 2. The molecule has 0 aromatic rings. The Bertz CT molecular complexity index is 1140. The topological polar surface area (TPSA) is 88.2 Å². The summed E-state index contributed by atoms with van der Waals surface area (Å²) in [4.78, 5) is 45.1. The molecule has 0 bridgehead atoms. The van der Waals surface area contributed by atoms with Crippen molar-refractivity contribution in [2.24, 2.45) is 5.92 Å². The van der Waals surface area contributed by atoms with Crippen LogP contribution in [-0.2, 0) is 23.9 Å². The van der Waals surface area contributed by atoms with Crippen LogP contribution in [0.4, 0.5) is 0 Å². The van der Waals surface area contributed by atoms with Crippen molar-refractivity contribution in [3.63, 3.8) is 0 Å². The van der Waals surface area contributed by atoms with Gasteiger partial charge in [0, 0.05) is 39.0 Å². The molecule has 2 rings (SSSR count). The van der Waals surface area contributed by atoms with Gasteiger partial charge in [0.05, 0.1) is 19.3 Å². The highest BCUT2D eigenvalue weighted by Gasteiger charge is 2.51. The molecule has 1 aliphatic carbocycles. The largest absolute Gasteiger partial charge is 0.465 e. The molecule has 63 heavy (non-hydrogen) atoms. The van der Waals surface area contributed by atoms with E-state index in [0.29, 0.717) is 70.7 Å². The highest BCUT2D eigenvalue weighted by molar-refractivity contribution is 5.92. The highest BCUT2D eigenvalue weighted by atomic mass is 16.5. The van der Waals surface area contributed by atoms with Crippen LogP contribution in [0.3, 0.4) is 0 Å². The molecule has 2 amide bonds. The predicted octanol–water partition coefficient (Wildman–Crippen LogP) is 14.2. The van der Waals surface area contributed by atoms with Gasteiger partial charge in [-0.25, -0.2) is 0 Å². The monoisotopic (exact) mass is 886 g/mol. The van der Waals surface area contributed by atoms with E-state index >= 15 is 0 Å². The third kappa shape index (κ3) is 28.0. The molecule has 8 heteroatoms. The summed E-state index contributed by atoms with van der Waals surface area (Å²) >= 11 is 0. The van der Waals surface area contributed by atoms with Crippen LogP contribution in [0.25, 0.3) is 0 Å². The van der Waals surface area contributed by atoms with Crippen LogP contribution in [-0.4, -0.2) is 85.7 Å². The van der Waals surface area contributed by atoms with Crippen molar-refractivity contribution in [3.05, 3.63) is 12.2 Å². The van der Waals surface area contributed by atoms with E-state index in [4.69, 9.17) is 9.47 Å². The normalized spacial score (nSPS) is 16.9. The van der Waals surface area contributed by atoms with Gasteiger partial charge in [-0.1, -0.05) is 181 Å². The van der Waals surface area contributed by atoms with E-state index in [1.54, 1.807) is 0 Å². The van der Waals surface area contributed by atoms with Crippen LogP contribution < -0.4 is 5.32 Å². The molecule has 2 aliphatic rings. The van der Waals surface area contributed by atoms with Crippen molar-refractivity contribution in [1.29, 1.82) is 0 Å². The number of hydrogen-bond acceptors (Lipinski definition) is 6. The quantitative estimate of drug-likeness (QED) is 0.0373. The molecule has 1 saturated carbocycles. The van der Waals surface area contributed by atoms with Gasteiger partial charge < -0.3 is 24.6 Å². The lowest BCUT2D eigenvalue weighted by Gasteiger charge is -2.50. The fourth-order valence-corrected chi connectivity index (χ4v) is 9.62. The Hall–Kier alpha value is -1.93. The number of likely N-dealkylation sites (N-methyl/N-ethyl adjacent to an activating group) is 1. The number of nitrogens with one attached hydrogen (secondary N) is 1. The summed E-state index contributed by atoms with van der Waals surface area (Å²) in [7, 11) is 2.09. The molecular formula is C55H103N3O5. The van der Waals surface area contributed by atoms with Gasteiger partial charge in [0.15, 0.2) is 0 Å². The number of esters is 1. The lowest BCUT2D eigenvalue weighted by Crippen LogP contribution is -2.66. The fourth-order valence-electron chi connectivity index (χ4n) is 9.62. The fraction of sp³-hybridized carbons (Fsp3) is 0.909. The number of carbonyl (C=O) groups excluding carboxylic acids is 3. The predicted molar refractivity (Wildman–Crippen MR) is 266 cm³/mol. The van der Waals surface area contributed by atoms with E-state index in [0.717, 1.165) is 45.2 Å². The van der Waals surface area contributed by atoms with E-state index in [1.807, 2.05) is 4.90 Å². The van der Waals surface area contributed by atoms with Crippen LogP contribution >= 0.6 is 0 Å². The van der Waals surface area contributed by atoms with Gasteiger partial charge in [0.2, 0.25) is 11.8 Å². The second-order valence-electron chi connectivity index (χ2n) is 19.9. The minimum Gasteiger partial charge on any atom is -0.465 e. The first kappa shape index (κ1) is 57.2. The number of amides is 2. The van der Waals surface area contributed by atoms with Gasteiger partial charge in [-0.3, -0.25) is 14.4 Å². The minimum absolute atomic E-state index is 0.00470. The first-order valence-corrected chi connectivity index (χ1v) is 27.6. The Kier molecular flexibility index (Phi) is 35.6. The molecule has 1 N–H and O–H groups in total. The molecule has 1 aliphatic heterocycles. The summed E-state index contributed by atoms with van der Waals surface area (Å²) < 4.78 is 12.0. The Morgan fingerprint density at radius 3 is 1.67 bits per heavy atom. The average molecular weight is 886 g/mol. The number of carbonyl (C=O) groups is 3. The first-order valence-electron chi connectivity index (χ1n) is 27.6. The zero-order valence-electron chi connectivity index (χ0n) is 42.2. The van der Waals surface area contributed by atoms with Crippen LogP contribution in [0, 0.1) is 5.92 Å². The third-order valence-electron chi connectivity index (χ3n) is 14.1. The molecule has 2 fully saturated rings. The first-order chi connectivity index (χ1) is 30.9. The summed E-state index contributed by atoms with van der Waals surface area (Å²) in [6.07, 6.45) is 47.1. The van der Waals surface area contributed by atoms with Gasteiger partial charge in [-0.2, -0.15) is 0 Å². The van der Waals surface area contributed by atoms with Crippen molar-refractivity contribution in [2.75, 3.05) is 46.4 Å². The number of ether oxygens (including phenoxy) is 2. The summed E-state index contributed by atoms with van der Waals surface area (Å²) in [5, 5.41) is 3.26. The maximum absolute atomic E-state index is 14.1. The molecule has 0 aromatic carbocycles. The Morgan fingerprint density at radius 1 is 0.667 bits per heavy atom. The summed E-state index contributed by atoms with van der Waals surface area (Å²) in [5.41, 5.74) is -0.794. The van der Waals surface area contributed by atoms with E-state index in [2.05, 4.69) is 50.2 Å². The number of allylic oxidation sites excluding steroid dienone is 2. The van der Waals surface area contributed by atoms with Crippen LogP contribution in [0.2, 0.25) is 0 Å². The van der Waals surface area contributed by atoms with Gasteiger partial charge in [-0.05, 0) is 90.0 Å². The average Bonchev–Trinajstić information content (AvgIpc) is 3.26. The second kappa shape index (κ2) is 39.3. The molecule has 2 unspecified atom stereocenters. The molecular weight excluding hydrogens is 783 g/mol. The molecule has 8 nitrogen and oxygen atoms in total. The standard InChI is InChI=1S/C55H103N3O5/c1-5-8-11-14-17-19-20-21-22-23-24-25-26-28-31-36-44-56-54(61)55(42-37-43-55)58(48-51-47-57(4)45-46-62-51)52(59)40-34-35-41-53(60)63-49-50(38-32-29-16-13-10-7-3)39-33-30-27-18-15-12-9-6-2/h21-22,50-51H,5-20,23-49H2,1-4H3,(H,56,61)/b22-21-. The number of morpholine rings is 1. The van der Waals surface area contributed by atoms with E-state index < -0.39 is 5.54 Å². The van der Waals surface area contributed by atoms with Gasteiger partial charge in [0.1, 0.15) is 5.54 Å². The maximum Gasteiger partial charge on any atom is 0.305 e. The molecule has 368 valence electrons. The Balaban J connectivity index is 1.76. The van der Waals surface area contributed by atoms with Gasteiger partial charge >= 0.3 is 5.97 Å². The SMILES string of the molecule is CCCCCCCC/C=C\CCCCCCCCNC(=O)C1(N(CC2CN(C)CCO2)C(=O)CCCCC(=O)OCC(CCCCCCCC)CCCCCCCCCC)CCC1. The van der Waals surface area contributed by atoms with Crippen LogP contribution in [0.5, 0.6) is 0 Å². The van der Waals surface area contributed by atoms with Crippen molar-refractivity contribution < 1.29 is 23.9 Å². The summed E-state index contributed by atoms with van der Waals surface area (Å²) in [5.74, 6) is 0.327. The molecule has 1 heterocycles. The van der Waals surface area contributed by atoms with Crippen LogP contribution in [0.1, 0.15) is 258 Å². The van der Waals surface area contributed by atoms with E-state index in [9.17, 15) is 14.4 Å². The maximum atomic E-state index is 14.1. The Labute approximate surface area is 390 Å². The summed E-state index contributed by atoms with van der Waals surface area (Å²) in [6, 6.07) is 0. The van der Waals surface area contributed by atoms with E-state index in [-0.39, 0.29) is 23.9 Å². The minimum atomic E-state index is -0.794. The van der Waals surface area contributed by atoms with Crippen molar-refractivity contribution in [3.8, 4) is 0 Å². The Morgan fingerprint density at radius 2 is 1.16 bits per heavy atom. The molecule has 0 spiro atoms. The molecule has 0 aromatic heterocycles. The number of rotatable bonds is 43. The zero-order valence-corrected chi connectivity index (χ0v) is 42.2. The van der Waals surface area contributed by atoms with Gasteiger partial charge in [-0.15, -0.1) is 0 Å². The zero-order chi connectivity index (χ0) is 45.5. The van der Waals surface area contributed by atoms with Crippen LogP contribution in [0.15, 0.2) is 12.2 Å². The highest BCUT2D eigenvalue weighted by Crippen LogP contribution is 2.39. The van der Waals surface area contributed by atoms with E-state index in [1.165, 1.54) is 167 Å². The lowest BCUT2D eigenvalue weighted by molar-refractivity contribution is -0.159. The van der Waals surface area contributed by atoms with Crippen molar-refractivity contribution in [1.82, 2.24) is 15.1 Å². The number of unbranched alkanes of at least 4 members (excludes halogenated alkanes) is 25. The molecule has 2 atom stereocenters. The lowest BCUT2D eigenvalue weighted by atomic mass is 9.74.